The Morgan fingerprint density at radius 2 is 1.84 bits per heavy atom. The Balaban J connectivity index is 1.42. The lowest BCUT2D eigenvalue weighted by atomic mass is 9.77. The molecule has 3 heterocycles. The Labute approximate surface area is 220 Å². The molecule has 2 fully saturated rings. The number of likely N-dealkylation sites (tertiary alicyclic amines) is 1. The Kier molecular flexibility index (Phi) is 7.58. The SMILES string of the molecule is Cc1noc(=O)c2ccc(NC(=O)C(O)(Cc3cccc(C(=O)N4CCCCC4)c3)C3CCOCC3)cc12. The van der Waals surface area contributed by atoms with Crippen molar-refractivity contribution >= 4 is 28.3 Å². The lowest BCUT2D eigenvalue weighted by Gasteiger charge is -2.37. The van der Waals surface area contributed by atoms with Crippen LogP contribution in [0.1, 0.15) is 53.7 Å². The van der Waals surface area contributed by atoms with Crippen molar-refractivity contribution in [3.05, 3.63) is 69.7 Å². The van der Waals surface area contributed by atoms with E-state index >= 15 is 0 Å². The first kappa shape index (κ1) is 26.1. The fourth-order valence-electron chi connectivity index (χ4n) is 5.54. The molecule has 2 aliphatic heterocycles. The van der Waals surface area contributed by atoms with Gasteiger partial charge in [0.05, 0.1) is 11.1 Å². The summed E-state index contributed by atoms with van der Waals surface area (Å²) in [6, 6.07) is 12.1. The van der Waals surface area contributed by atoms with Gasteiger partial charge in [-0.15, -0.1) is 0 Å². The second-order valence-corrected chi connectivity index (χ2v) is 10.3. The molecule has 0 bridgehead atoms. The van der Waals surface area contributed by atoms with E-state index in [0.29, 0.717) is 59.3 Å². The van der Waals surface area contributed by atoms with Gasteiger partial charge in [0.15, 0.2) is 0 Å². The highest BCUT2D eigenvalue weighted by Gasteiger charge is 2.44. The molecule has 0 aliphatic carbocycles. The van der Waals surface area contributed by atoms with Gasteiger partial charge < -0.3 is 24.6 Å². The summed E-state index contributed by atoms with van der Waals surface area (Å²) in [6.07, 6.45) is 4.28. The number of anilines is 1. The largest absolute Gasteiger partial charge is 0.381 e. The van der Waals surface area contributed by atoms with E-state index in [9.17, 15) is 19.5 Å². The minimum atomic E-state index is -1.73. The molecular formula is C29H33N3O6. The van der Waals surface area contributed by atoms with Gasteiger partial charge in [0.2, 0.25) is 0 Å². The Morgan fingerprint density at radius 3 is 2.61 bits per heavy atom. The quantitative estimate of drug-likeness (QED) is 0.511. The molecule has 1 atom stereocenters. The molecule has 200 valence electrons. The molecule has 0 saturated carbocycles. The third kappa shape index (κ3) is 5.35. The van der Waals surface area contributed by atoms with Crippen molar-refractivity contribution in [1.29, 1.82) is 0 Å². The molecule has 2 aromatic carbocycles. The van der Waals surface area contributed by atoms with Gasteiger partial charge in [-0.1, -0.05) is 17.3 Å². The summed E-state index contributed by atoms with van der Waals surface area (Å²) in [7, 11) is 0. The topological polar surface area (TPSA) is 122 Å². The fourth-order valence-corrected chi connectivity index (χ4v) is 5.54. The van der Waals surface area contributed by atoms with E-state index in [-0.39, 0.29) is 18.2 Å². The van der Waals surface area contributed by atoms with Crippen molar-refractivity contribution in [1.82, 2.24) is 10.1 Å². The molecule has 1 aromatic heterocycles. The number of aryl methyl sites for hydroxylation is 1. The van der Waals surface area contributed by atoms with Crippen LogP contribution in [-0.4, -0.2) is 58.9 Å². The van der Waals surface area contributed by atoms with Gasteiger partial charge >= 0.3 is 5.63 Å². The van der Waals surface area contributed by atoms with Crippen LogP contribution in [0.25, 0.3) is 10.8 Å². The van der Waals surface area contributed by atoms with Crippen LogP contribution in [0.3, 0.4) is 0 Å². The van der Waals surface area contributed by atoms with E-state index in [2.05, 4.69) is 10.5 Å². The monoisotopic (exact) mass is 519 g/mol. The molecule has 9 heteroatoms. The smallest absolute Gasteiger partial charge is 0.366 e. The van der Waals surface area contributed by atoms with Crippen LogP contribution >= 0.6 is 0 Å². The number of benzene rings is 2. The summed E-state index contributed by atoms with van der Waals surface area (Å²) in [6.45, 7) is 4.14. The predicted octanol–water partition coefficient (Wildman–Crippen LogP) is 3.46. The lowest BCUT2D eigenvalue weighted by molar-refractivity contribution is -0.144. The zero-order chi connectivity index (χ0) is 26.7. The number of carbonyl (C=O) groups is 2. The number of piperidine rings is 1. The van der Waals surface area contributed by atoms with Gasteiger partial charge in [0.1, 0.15) is 5.60 Å². The summed E-state index contributed by atoms with van der Waals surface area (Å²) in [5.41, 5.74) is -0.0398. The Hall–Kier alpha value is -3.56. The second-order valence-electron chi connectivity index (χ2n) is 10.3. The number of hydrogen-bond donors (Lipinski definition) is 2. The molecule has 38 heavy (non-hydrogen) atoms. The average molecular weight is 520 g/mol. The molecule has 0 radical (unpaired) electrons. The maximum Gasteiger partial charge on any atom is 0.366 e. The summed E-state index contributed by atoms with van der Waals surface area (Å²) < 4.78 is 10.3. The number of amides is 2. The van der Waals surface area contributed by atoms with Gasteiger partial charge in [-0.05, 0) is 74.9 Å². The van der Waals surface area contributed by atoms with Crippen molar-refractivity contribution in [3.63, 3.8) is 0 Å². The molecule has 9 nitrogen and oxygen atoms in total. The number of carbonyl (C=O) groups excluding carboxylic acids is 2. The van der Waals surface area contributed by atoms with E-state index in [1.54, 1.807) is 43.3 Å². The van der Waals surface area contributed by atoms with E-state index in [0.717, 1.165) is 32.4 Å². The van der Waals surface area contributed by atoms with Gasteiger partial charge in [-0.2, -0.15) is 0 Å². The molecule has 0 spiro atoms. The predicted molar refractivity (Wildman–Crippen MR) is 142 cm³/mol. The Bertz CT molecular complexity index is 1390. The van der Waals surface area contributed by atoms with Gasteiger partial charge in [0, 0.05) is 55.3 Å². The van der Waals surface area contributed by atoms with Crippen LogP contribution in [0.4, 0.5) is 5.69 Å². The van der Waals surface area contributed by atoms with Gasteiger partial charge in [-0.25, -0.2) is 4.79 Å². The molecule has 5 rings (SSSR count). The van der Waals surface area contributed by atoms with Crippen LogP contribution < -0.4 is 10.9 Å². The fraction of sp³-hybridized carbons (Fsp3) is 0.448. The molecule has 2 saturated heterocycles. The van der Waals surface area contributed by atoms with Crippen molar-refractivity contribution in [2.24, 2.45) is 5.92 Å². The van der Waals surface area contributed by atoms with E-state index < -0.39 is 17.1 Å². The van der Waals surface area contributed by atoms with Crippen LogP contribution in [0.2, 0.25) is 0 Å². The normalized spacial score (nSPS) is 18.2. The number of ether oxygens (including phenoxy) is 1. The Morgan fingerprint density at radius 1 is 1.08 bits per heavy atom. The van der Waals surface area contributed by atoms with E-state index in [1.807, 2.05) is 11.0 Å². The number of aromatic nitrogens is 1. The van der Waals surface area contributed by atoms with Crippen LogP contribution in [-0.2, 0) is 16.0 Å². The summed E-state index contributed by atoms with van der Waals surface area (Å²) in [5, 5.41) is 19.5. The minimum absolute atomic E-state index is 0.0183. The first-order valence-electron chi connectivity index (χ1n) is 13.3. The molecule has 2 aliphatic rings. The molecule has 3 aromatic rings. The standard InChI is InChI=1S/C29H33N3O6/c1-19-25-17-23(8-9-24(25)27(34)38-31-19)30-28(35)29(36,22-10-14-37-15-11-22)18-20-6-5-7-21(16-20)26(33)32-12-3-2-4-13-32/h5-9,16-17,22,36H,2-4,10-15,18H2,1H3,(H,30,35). The highest BCUT2D eigenvalue weighted by molar-refractivity contribution is 6.00. The average Bonchev–Trinajstić information content (AvgIpc) is 2.95. The third-order valence-corrected chi connectivity index (χ3v) is 7.73. The second kappa shape index (κ2) is 11.0. The van der Waals surface area contributed by atoms with Crippen molar-refractivity contribution in [3.8, 4) is 0 Å². The summed E-state index contributed by atoms with van der Waals surface area (Å²) in [5.74, 6) is -0.881. The zero-order valence-corrected chi connectivity index (χ0v) is 21.6. The summed E-state index contributed by atoms with van der Waals surface area (Å²) >= 11 is 0. The summed E-state index contributed by atoms with van der Waals surface area (Å²) in [4.78, 5) is 40.7. The lowest BCUT2D eigenvalue weighted by Crippen LogP contribution is -2.52. The van der Waals surface area contributed by atoms with E-state index in [4.69, 9.17) is 9.26 Å². The third-order valence-electron chi connectivity index (χ3n) is 7.73. The first-order valence-corrected chi connectivity index (χ1v) is 13.3. The number of rotatable bonds is 6. The minimum Gasteiger partial charge on any atom is -0.381 e. The number of nitrogens with one attached hydrogen (secondary N) is 1. The molecule has 2 amide bonds. The molecule has 2 N–H and O–H groups in total. The zero-order valence-electron chi connectivity index (χ0n) is 21.6. The van der Waals surface area contributed by atoms with Crippen LogP contribution in [0.15, 0.2) is 51.8 Å². The first-order chi connectivity index (χ1) is 18.3. The number of aliphatic hydroxyl groups is 1. The molecule has 1 unspecified atom stereocenters. The number of hydrogen-bond acceptors (Lipinski definition) is 7. The van der Waals surface area contributed by atoms with Gasteiger partial charge in [-0.3, -0.25) is 9.59 Å². The van der Waals surface area contributed by atoms with Crippen LogP contribution in [0, 0.1) is 12.8 Å². The molecular weight excluding hydrogens is 486 g/mol. The highest BCUT2D eigenvalue weighted by atomic mass is 16.5. The highest BCUT2D eigenvalue weighted by Crippen LogP contribution is 2.33. The van der Waals surface area contributed by atoms with Crippen molar-refractivity contribution < 1.29 is 24.0 Å². The maximum absolute atomic E-state index is 13.7. The van der Waals surface area contributed by atoms with Gasteiger partial charge in [0.25, 0.3) is 11.8 Å². The maximum atomic E-state index is 13.7. The number of nitrogens with zero attached hydrogens (tertiary/aromatic N) is 2. The number of fused-ring (bicyclic) bond motifs is 1. The van der Waals surface area contributed by atoms with Crippen molar-refractivity contribution in [2.75, 3.05) is 31.6 Å². The van der Waals surface area contributed by atoms with Crippen LogP contribution in [0.5, 0.6) is 0 Å². The van der Waals surface area contributed by atoms with Crippen molar-refractivity contribution in [2.45, 2.75) is 51.0 Å². The van der Waals surface area contributed by atoms with E-state index in [1.165, 1.54) is 0 Å².